The SMILES string of the molecule is O=C(NO)c1ccc2c(c1)N(CC1CCSC(O)(O)C1)C(=O)CO2. The number of rotatable bonds is 3. The molecule has 0 radical (unpaired) electrons. The Labute approximate surface area is 142 Å². The summed E-state index contributed by atoms with van der Waals surface area (Å²) < 4.78 is 5.38. The van der Waals surface area contributed by atoms with E-state index < -0.39 is 11.0 Å². The molecule has 9 heteroatoms. The van der Waals surface area contributed by atoms with Crippen LogP contribution in [-0.4, -0.2) is 51.3 Å². The van der Waals surface area contributed by atoms with E-state index in [1.807, 2.05) is 0 Å². The van der Waals surface area contributed by atoms with Crippen LogP contribution in [0.15, 0.2) is 18.2 Å². The van der Waals surface area contributed by atoms with Gasteiger partial charge in [-0.1, -0.05) is 11.8 Å². The number of ether oxygens (including phenoxy) is 1. The summed E-state index contributed by atoms with van der Waals surface area (Å²) in [7, 11) is 0. The lowest BCUT2D eigenvalue weighted by atomic mass is 9.99. The van der Waals surface area contributed by atoms with Gasteiger partial charge in [-0.15, -0.1) is 0 Å². The Morgan fingerprint density at radius 1 is 1.46 bits per heavy atom. The molecule has 2 aliphatic rings. The molecule has 0 aliphatic carbocycles. The van der Waals surface area contributed by atoms with Crippen LogP contribution in [-0.2, 0) is 4.79 Å². The van der Waals surface area contributed by atoms with E-state index in [0.29, 0.717) is 23.7 Å². The number of amides is 2. The van der Waals surface area contributed by atoms with E-state index in [1.165, 1.54) is 17.0 Å². The van der Waals surface area contributed by atoms with E-state index in [0.717, 1.165) is 18.2 Å². The smallest absolute Gasteiger partial charge is 0.274 e. The van der Waals surface area contributed by atoms with Crippen molar-refractivity contribution in [2.75, 3.05) is 23.8 Å². The van der Waals surface area contributed by atoms with Crippen molar-refractivity contribution in [2.45, 2.75) is 18.0 Å². The number of carbonyl (C=O) groups is 2. The molecular formula is C15H18N2O6S. The van der Waals surface area contributed by atoms with Crippen LogP contribution in [0, 0.1) is 5.92 Å². The third-order valence-corrected chi connectivity index (χ3v) is 5.19. The number of aliphatic hydroxyl groups is 2. The van der Waals surface area contributed by atoms with E-state index >= 15 is 0 Å². The number of hydrogen-bond donors (Lipinski definition) is 4. The third-order valence-electron chi connectivity index (χ3n) is 4.12. The molecule has 1 unspecified atom stereocenters. The van der Waals surface area contributed by atoms with Gasteiger partial charge in [-0.2, -0.15) is 0 Å². The summed E-state index contributed by atoms with van der Waals surface area (Å²) in [4.78, 5) is 25.4. The van der Waals surface area contributed by atoms with E-state index in [4.69, 9.17) is 9.94 Å². The average Bonchev–Trinajstić information content (AvgIpc) is 2.55. The largest absolute Gasteiger partial charge is 0.482 e. The first-order valence-corrected chi connectivity index (χ1v) is 8.48. The maximum Gasteiger partial charge on any atom is 0.274 e. The van der Waals surface area contributed by atoms with E-state index in [2.05, 4.69) is 0 Å². The maximum atomic E-state index is 12.3. The molecule has 0 aromatic heterocycles. The molecule has 0 spiro atoms. The minimum atomic E-state index is -1.78. The first-order chi connectivity index (χ1) is 11.4. The second-order valence-corrected chi connectivity index (χ2v) is 7.22. The third kappa shape index (κ3) is 3.48. The molecule has 1 aromatic rings. The minimum Gasteiger partial charge on any atom is -0.482 e. The molecule has 1 fully saturated rings. The summed E-state index contributed by atoms with van der Waals surface area (Å²) in [5.41, 5.74) is 2.18. The fourth-order valence-corrected chi connectivity index (χ4v) is 4.08. The van der Waals surface area contributed by atoms with Crippen molar-refractivity contribution in [1.82, 2.24) is 5.48 Å². The van der Waals surface area contributed by atoms with Crippen LogP contribution in [0.5, 0.6) is 5.75 Å². The number of benzene rings is 1. The van der Waals surface area contributed by atoms with Crippen molar-refractivity contribution in [2.24, 2.45) is 5.92 Å². The van der Waals surface area contributed by atoms with Gasteiger partial charge in [0.05, 0.1) is 5.69 Å². The number of fused-ring (bicyclic) bond motifs is 1. The minimum absolute atomic E-state index is 0.0773. The highest BCUT2D eigenvalue weighted by Crippen LogP contribution is 2.38. The number of thioether (sulfide) groups is 1. The van der Waals surface area contributed by atoms with Gasteiger partial charge in [0.15, 0.2) is 6.61 Å². The Bertz CT molecular complexity index is 665. The zero-order valence-corrected chi connectivity index (χ0v) is 13.6. The Kier molecular flexibility index (Phi) is 4.68. The van der Waals surface area contributed by atoms with Crippen molar-refractivity contribution >= 4 is 29.3 Å². The van der Waals surface area contributed by atoms with Crippen LogP contribution in [0.25, 0.3) is 0 Å². The molecule has 130 valence electrons. The molecule has 1 saturated heterocycles. The maximum absolute atomic E-state index is 12.3. The van der Waals surface area contributed by atoms with Gasteiger partial charge in [-0.3, -0.25) is 14.8 Å². The topological polar surface area (TPSA) is 119 Å². The monoisotopic (exact) mass is 354 g/mol. The highest BCUT2D eigenvalue weighted by atomic mass is 32.2. The molecule has 2 aliphatic heterocycles. The Balaban J connectivity index is 1.86. The molecule has 2 amide bonds. The summed E-state index contributed by atoms with van der Waals surface area (Å²) >= 11 is 1.08. The Morgan fingerprint density at radius 2 is 2.25 bits per heavy atom. The highest BCUT2D eigenvalue weighted by Gasteiger charge is 2.36. The van der Waals surface area contributed by atoms with Crippen LogP contribution < -0.4 is 15.1 Å². The van der Waals surface area contributed by atoms with Gasteiger partial charge in [-0.05, 0) is 36.3 Å². The number of nitrogens with zero attached hydrogens (tertiary/aromatic N) is 1. The molecule has 0 bridgehead atoms. The fraction of sp³-hybridized carbons (Fsp3) is 0.467. The lowest BCUT2D eigenvalue weighted by molar-refractivity contribution is -0.122. The quantitative estimate of drug-likeness (QED) is 0.350. The van der Waals surface area contributed by atoms with Gasteiger partial charge >= 0.3 is 0 Å². The van der Waals surface area contributed by atoms with Crippen LogP contribution in [0.2, 0.25) is 0 Å². The van der Waals surface area contributed by atoms with E-state index in [-0.39, 0.29) is 30.4 Å². The first-order valence-electron chi connectivity index (χ1n) is 7.50. The molecule has 24 heavy (non-hydrogen) atoms. The van der Waals surface area contributed by atoms with Crippen molar-refractivity contribution in [1.29, 1.82) is 0 Å². The van der Waals surface area contributed by atoms with Gasteiger partial charge < -0.3 is 19.8 Å². The number of nitrogens with one attached hydrogen (secondary N) is 1. The first kappa shape index (κ1) is 17.0. The van der Waals surface area contributed by atoms with Gasteiger partial charge in [-0.25, -0.2) is 5.48 Å². The molecule has 4 N–H and O–H groups in total. The van der Waals surface area contributed by atoms with Crippen LogP contribution in [0.4, 0.5) is 5.69 Å². The second-order valence-electron chi connectivity index (χ2n) is 5.87. The summed E-state index contributed by atoms with van der Waals surface area (Å²) in [6.45, 7) is 0.201. The predicted molar refractivity (Wildman–Crippen MR) is 85.9 cm³/mol. The fourth-order valence-electron chi connectivity index (χ4n) is 2.95. The van der Waals surface area contributed by atoms with Crippen molar-refractivity contribution in [3.63, 3.8) is 0 Å². The molecule has 0 saturated carbocycles. The molecule has 8 nitrogen and oxygen atoms in total. The lowest BCUT2D eigenvalue weighted by Gasteiger charge is -2.37. The predicted octanol–water partition coefficient (Wildman–Crippen LogP) is 0.313. The van der Waals surface area contributed by atoms with Crippen molar-refractivity contribution in [3.05, 3.63) is 23.8 Å². The zero-order chi connectivity index (χ0) is 17.3. The molecular weight excluding hydrogens is 336 g/mol. The van der Waals surface area contributed by atoms with Crippen LogP contribution in [0.3, 0.4) is 0 Å². The van der Waals surface area contributed by atoms with E-state index in [1.54, 1.807) is 11.5 Å². The summed E-state index contributed by atoms with van der Waals surface area (Å²) in [5.74, 6) is 0.0362. The van der Waals surface area contributed by atoms with Crippen LogP contribution in [0.1, 0.15) is 23.2 Å². The number of hydrogen-bond acceptors (Lipinski definition) is 7. The molecule has 3 rings (SSSR count). The van der Waals surface area contributed by atoms with Crippen molar-refractivity contribution in [3.8, 4) is 5.75 Å². The van der Waals surface area contributed by atoms with E-state index in [9.17, 15) is 19.8 Å². The van der Waals surface area contributed by atoms with Gasteiger partial charge in [0.1, 0.15) is 5.75 Å². The Hall–Kier alpha value is -1.81. The molecule has 2 heterocycles. The normalized spacial score (nSPS) is 22.5. The number of hydroxylamine groups is 1. The summed E-state index contributed by atoms with van der Waals surface area (Å²) in [6.07, 6.45) is 0.915. The number of anilines is 1. The van der Waals surface area contributed by atoms with Gasteiger partial charge in [0.2, 0.25) is 5.12 Å². The number of carbonyl (C=O) groups excluding carboxylic acids is 2. The standard InChI is InChI=1S/C15H18N2O6S/c18-13-8-23-12-2-1-10(14(19)16-22)5-11(12)17(13)7-9-3-4-24-15(20,21)6-9/h1-2,5,9,20-22H,3-4,6-8H2,(H,16,19). The average molecular weight is 354 g/mol. The molecule has 1 aromatic carbocycles. The molecule has 1 atom stereocenters. The highest BCUT2D eigenvalue weighted by molar-refractivity contribution is 8.00. The second kappa shape index (κ2) is 6.60. The summed E-state index contributed by atoms with van der Waals surface area (Å²) in [5, 5.41) is 26.6. The van der Waals surface area contributed by atoms with Crippen molar-refractivity contribution < 1.29 is 29.7 Å². The van der Waals surface area contributed by atoms with Gasteiger partial charge in [0.25, 0.3) is 11.8 Å². The van der Waals surface area contributed by atoms with Gasteiger partial charge in [0, 0.05) is 18.5 Å². The van der Waals surface area contributed by atoms with Crippen LogP contribution >= 0.6 is 11.8 Å². The lowest BCUT2D eigenvalue weighted by Crippen LogP contribution is -2.44. The summed E-state index contributed by atoms with van der Waals surface area (Å²) in [6, 6.07) is 4.53. The zero-order valence-electron chi connectivity index (χ0n) is 12.8. The Morgan fingerprint density at radius 3 is 2.96 bits per heavy atom.